The average molecular weight is 310 g/mol. The zero-order valence-corrected chi connectivity index (χ0v) is 12.8. The van der Waals surface area contributed by atoms with Crippen molar-refractivity contribution >= 4 is 16.0 Å². The van der Waals surface area contributed by atoms with E-state index < -0.39 is 10.0 Å². The summed E-state index contributed by atoms with van der Waals surface area (Å²) >= 11 is 0. The average Bonchev–Trinajstić information content (AvgIpc) is 2.95. The Morgan fingerprint density at radius 3 is 2.76 bits per heavy atom. The Balaban J connectivity index is 1.76. The zero-order chi connectivity index (χ0) is 15.0. The normalized spacial score (nSPS) is 16.1. The minimum absolute atomic E-state index is 0.0780. The number of aromatic amines is 1. The monoisotopic (exact) mass is 310 g/mol. The van der Waals surface area contributed by atoms with Crippen molar-refractivity contribution in [3.8, 4) is 0 Å². The first-order chi connectivity index (χ1) is 9.95. The highest BCUT2D eigenvalue weighted by Gasteiger charge is 2.25. The highest BCUT2D eigenvalue weighted by atomic mass is 32.2. The van der Waals surface area contributed by atoms with Crippen LogP contribution in [0.2, 0.25) is 0 Å². The van der Waals surface area contributed by atoms with E-state index in [2.05, 4.69) is 25.0 Å². The van der Waals surface area contributed by atoms with Crippen LogP contribution in [0.5, 0.6) is 0 Å². The second-order valence-electron chi connectivity index (χ2n) is 5.53. The number of nitrogens with zero attached hydrogens (tertiary/aromatic N) is 4. The first-order valence-electron chi connectivity index (χ1n) is 6.95. The fourth-order valence-corrected chi connectivity index (χ4v) is 2.99. The highest BCUT2D eigenvalue weighted by Crippen LogP contribution is 2.34. The number of hydrogen-bond acceptors (Lipinski definition) is 5. The van der Waals surface area contributed by atoms with Crippen LogP contribution in [0.15, 0.2) is 17.3 Å². The van der Waals surface area contributed by atoms with Crippen LogP contribution in [0, 0.1) is 0 Å². The Labute approximate surface area is 123 Å². The summed E-state index contributed by atoms with van der Waals surface area (Å²) in [6.07, 6.45) is 6.14. The van der Waals surface area contributed by atoms with Crippen LogP contribution in [-0.4, -0.2) is 33.4 Å². The smallest absolute Gasteiger partial charge is 0.267 e. The Morgan fingerprint density at radius 2 is 2.19 bits per heavy atom. The van der Waals surface area contributed by atoms with Crippen molar-refractivity contribution in [3.63, 3.8) is 0 Å². The SMILES string of the molecule is CC(C)n1cc(S(=O)(=O)Nc2n[nH]c(C3CCC3)n2)cn1. The summed E-state index contributed by atoms with van der Waals surface area (Å²) < 4.78 is 28.4. The van der Waals surface area contributed by atoms with Gasteiger partial charge in [-0.2, -0.15) is 10.1 Å². The molecule has 1 aliphatic carbocycles. The molecule has 1 fully saturated rings. The second kappa shape index (κ2) is 5.14. The van der Waals surface area contributed by atoms with Gasteiger partial charge in [0.2, 0.25) is 0 Å². The maximum atomic E-state index is 12.2. The summed E-state index contributed by atoms with van der Waals surface area (Å²) in [4.78, 5) is 4.30. The van der Waals surface area contributed by atoms with E-state index in [0.717, 1.165) is 18.7 Å². The number of nitrogens with one attached hydrogen (secondary N) is 2. The largest absolute Gasteiger partial charge is 0.269 e. The van der Waals surface area contributed by atoms with Gasteiger partial charge in [0.05, 0.1) is 6.20 Å². The topological polar surface area (TPSA) is 106 Å². The van der Waals surface area contributed by atoms with Gasteiger partial charge in [-0.05, 0) is 26.7 Å². The molecule has 9 heteroatoms. The molecule has 0 saturated heterocycles. The third kappa shape index (κ3) is 2.78. The molecule has 0 amide bonds. The van der Waals surface area contributed by atoms with E-state index in [0.29, 0.717) is 5.92 Å². The van der Waals surface area contributed by atoms with Gasteiger partial charge >= 0.3 is 0 Å². The van der Waals surface area contributed by atoms with Crippen molar-refractivity contribution in [1.29, 1.82) is 0 Å². The third-order valence-corrected chi connectivity index (χ3v) is 4.92. The Morgan fingerprint density at radius 1 is 1.43 bits per heavy atom. The Kier molecular flexibility index (Phi) is 3.44. The molecule has 0 aromatic carbocycles. The van der Waals surface area contributed by atoms with E-state index in [1.54, 1.807) is 4.68 Å². The molecule has 8 nitrogen and oxygen atoms in total. The van der Waals surface area contributed by atoms with Gasteiger partial charge in [0, 0.05) is 18.2 Å². The zero-order valence-electron chi connectivity index (χ0n) is 11.9. The van der Waals surface area contributed by atoms with Gasteiger partial charge in [-0.1, -0.05) is 6.42 Å². The van der Waals surface area contributed by atoms with Crippen LogP contribution in [0.25, 0.3) is 0 Å². The lowest BCUT2D eigenvalue weighted by molar-refractivity contribution is 0.402. The van der Waals surface area contributed by atoms with Crippen molar-refractivity contribution in [1.82, 2.24) is 25.0 Å². The van der Waals surface area contributed by atoms with Gasteiger partial charge in [0.25, 0.3) is 16.0 Å². The van der Waals surface area contributed by atoms with Crippen molar-refractivity contribution in [2.24, 2.45) is 0 Å². The molecule has 3 rings (SSSR count). The Bertz CT molecular complexity index is 729. The molecule has 2 aromatic heterocycles. The van der Waals surface area contributed by atoms with E-state index in [1.807, 2.05) is 13.8 Å². The minimum Gasteiger partial charge on any atom is -0.269 e. The summed E-state index contributed by atoms with van der Waals surface area (Å²) in [6.45, 7) is 3.86. The lowest BCUT2D eigenvalue weighted by Gasteiger charge is -2.22. The molecule has 0 atom stereocenters. The predicted octanol–water partition coefficient (Wildman–Crippen LogP) is 1.65. The number of sulfonamides is 1. The van der Waals surface area contributed by atoms with Gasteiger partial charge in [0.1, 0.15) is 10.7 Å². The molecule has 21 heavy (non-hydrogen) atoms. The third-order valence-electron chi connectivity index (χ3n) is 3.64. The molecular weight excluding hydrogens is 292 g/mol. The highest BCUT2D eigenvalue weighted by molar-refractivity contribution is 7.92. The Hall–Kier alpha value is -1.90. The molecule has 0 bridgehead atoms. The summed E-state index contributed by atoms with van der Waals surface area (Å²) in [6, 6.07) is 0.0997. The number of H-pyrrole nitrogens is 1. The lowest BCUT2D eigenvalue weighted by Crippen LogP contribution is -2.14. The van der Waals surface area contributed by atoms with Gasteiger partial charge in [-0.3, -0.25) is 9.78 Å². The molecule has 114 valence electrons. The summed E-state index contributed by atoms with van der Waals surface area (Å²) in [5, 5.41) is 10.7. The molecule has 2 heterocycles. The van der Waals surface area contributed by atoms with Gasteiger partial charge in [-0.25, -0.2) is 13.1 Å². The van der Waals surface area contributed by atoms with Crippen LogP contribution in [0.3, 0.4) is 0 Å². The van der Waals surface area contributed by atoms with Crippen LogP contribution in [-0.2, 0) is 10.0 Å². The molecule has 1 saturated carbocycles. The number of hydrogen-bond donors (Lipinski definition) is 2. The first kappa shape index (κ1) is 14.1. The van der Waals surface area contributed by atoms with E-state index >= 15 is 0 Å². The van der Waals surface area contributed by atoms with Crippen LogP contribution in [0.1, 0.15) is 50.9 Å². The molecule has 2 N–H and O–H groups in total. The van der Waals surface area contributed by atoms with Crippen LogP contribution < -0.4 is 4.72 Å². The van der Waals surface area contributed by atoms with E-state index in [9.17, 15) is 8.42 Å². The first-order valence-corrected chi connectivity index (χ1v) is 8.43. The molecular formula is C12H18N6O2S. The van der Waals surface area contributed by atoms with Crippen molar-refractivity contribution in [3.05, 3.63) is 18.2 Å². The van der Waals surface area contributed by atoms with E-state index in [-0.39, 0.29) is 16.9 Å². The summed E-state index contributed by atoms with van der Waals surface area (Å²) in [5.41, 5.74) is 0. The molecule has 0 spiro atoms. The predicted molar refractivity (Wildman–Crippen MR) is 76.4 cm³/mol. The van der Waals surface area contributed by atoms with Gasteiger partial charge in [0.15, 0.2) is 0 Å². The second-order valence-corrected chi connectivity index (χ2v) is 7.21. The summed E-state index contributed by atoms with van der Waals surface area (Å²) in [5.74, 6) is 1.20. The van der Waals surface area contributed by atoms with Crippen LogP contribution >= 0.6 is 0 Å². The molecule has 0 aliphatic heterocycles. The molecule has 0 unspecified atom stereocenters. The van der Waals surface area contributed by atoms with Crippen molar-refractivity contribution in [2.75, 3.05) is 4.72 Å². The number of rotatable bonds is 5. The maximum absolute atomic E-state index is 12.2. The number of aromatic nitrogens is 5. The fourth-order valence-electron chi connectivity index (χ4n) is 2.11. The van der Waals surface area contributed by atoms with Crippen LogP contribution in [0.4, 0.5) is 5.95 Å². The van der Waals surface area contributed by atoms with E-state index in [1.165, 1.54) is 18.8 Å². The van der Waals surface area contributed by atoms with Gasteiger partial charge in [-0.15, -0.1) is 5.10 Å². The minimum atomic E-state index is -3.71. The number of anilines is 1. The molecule has 0 radical (unpaired) electrons. The van der Waals surface area contributed by atoms with Gasteiger partial charge < -0.3 is 0 Å². The van der Waals surface area contributed by atoms with Crippen molar-refractivity contribution < 1.29 is 8.42 Å². The quantitative estimate of drug-likeness (QED) is 0.873. The standard InChI is InChI=1S/C12H18N6O2S/c1-8(2)18-7-10(6-13-18)21(19,20)17-12-14-11(15-16-12)9-4-3-5-9/h6-9H,3-5H2,1-2H3,(H2,14,15,16,17). The maximum Gasteiger partial charge on any atom is 0.267 e. The lowest BCUT2D eigenvalue weighted by atomic mass is 9.85. The fraction of sp³-hybridized carbons (Fsp3) is 0.583. The van der Waals surface area contributed by atoms with E-state index in [4.69, 9.17) is 0 Å². The molecule has 2 aromatic rings. The summed E-state index contributed by atoms with van der Waals surface area (Å²) in [7, 11) is -3.71. The van der Waals surface area contributed by atoms with Crippen molar-refractivity contribution in [2.45, 2.75) is 50.0 Å². The molecule has 1 aliphatic rings.